The third-order valence-electron chi connectivity index (χ3n) is 2.87. The highest BCUT2D eigenvalue weighted by molar-refractivity contribution is 6.31. The average Bonchev–Trinajstić information content (AvgIpc) is 2.39. The first-order valence-electron chi connectivity index (χ1n) is 5.67. The number of hydrogen-bond acceptors (Lipinski definition) is 2. The number of H-pyrrole nitrogens is 1. The van der Waals surface area contributed by atoms with E-state index in [0.29, 0.717) is 21.6 Å². The Bertz CT molecular complexity index is 866. The van der Waals surface area contributed by atoms with E-state index in [2.05, 4.69) is 4.98 Å². The zero-order chi connectivity index (χ0) is 13.4. The van der Waals surface area contributed by atoms with Crippen molar-refractivity contribution in [2.45, 2.75) is 0 Å². The van der Waals surface area contributed by atoms with Crippen molar-refractivity contribution in [1.82, 2.24) is 9.55 Å². The third kappa shape index (κ3) is 1.96. The lowest BCUT2D eigenvalue weighted by atomic mass is 10.2. The van der Waals surface area contributed by atoms with Gasteiger partial charge in [0.15, 0.2) is 0 Å². The Morgan fingerprint density at radius 1 is 1.00 bits per heavy atom. The normalized spacial score (nSPS) is 10.8. The topological polar surface area (TPSA) is 54.9 Å². The highest BCUT2D eigenvalue weighted by atomic mass is 35.5. The number of rotatable bonds is 1. The van der Waals surface area contributed by atoms with Crippen molar-refractivity contribution in [2.24, 2.45) is 0 Å². The lowest BCUT2D eigenvalue weighted by molar-refractivity contribution is 0.901. The predicted molar refractivity (Wildman–Crippen MR) is 75.2 cm³/mol. The Morgan fingerprint density at radius 3 is 2.47 bits per heavy atom. The van der Waals surface area contributed by atoms with Crippen LogP contribution in [0.15, 0.2) is 58.1 Å². The second-order valence-corrected chi connectivity index (χ2v) is 4.53. The number of fused-ring (bicyclic) bond motifs is 1. The van der Waals surface area contributed by atoms with Crippen molar-refractivity contribution in [3.8, 4) is 5.69 Å². The third-order valence-corrected chi connectivity index (χ3v) is 3.11. The minimum absolute atomic E-state index is 0.360. The summed E-state index contributed by atoms with van der Waals surface area (Å²) in [6, 6.07) is 13.6. The average molecular weight is 273 g/mol. The van der Waals surface area contributed by atoms with Gasteiger partial charge in [0.25, 0.3) is 5.56 Å². The fourth-order valence-corrected chi connectivity index (χ4v) is 2.17. The molecule has 1 N–H and O–H groups in total. The maximum absolute atomic E-state index is 12.4. The molecule has 5 heteroatoms. The van der Waals surface area contributed by atoms with Crippen LogP contribution in [0.1, 0.15) is 0 Å². The van der Waals surface area contributed by atoms with Crippen molar-refractivity contribution in [3.63, 3.8) is 0 Å². The van der Waals surface area contributed by atoms with Gasteiger partial charge in [-0.2, -0.15) is 0 Å². The van der Waals surface area contributed by atoms with Gasteiger partial charge < -0.3 is 4.98 Å². The van der Waals surface area contributed by atoms with E-state index >= 15 is 0 Å². The summed E-state index contributed by atoms with van der Waals surface area (Å²) in [5.74, 6) is 0. The van der Waals surface area contributed by atoms with Crippen molar-refractivity contribution in [1.29, 1.82) is 0 Å². The minimum atomic E-state index is -0.481. The largest absolute Gasteiger partial charge is 0.333 e. The van der Waals surface area contributed by atoms with Crippen LogP contribution in [0, 0.1) is 0 Å². The smallest absolute Gasteiger partial charge is 0.306 e. The van der Waals surface area contributed by atoms with E-state index in [0.717, 1.165) is 4.57 Å². The van der Waals surface area contributed by atoms with E-state index in [1.165, 1.54) is 0 Å². The number of benzene rings is 2. The van der Waals surface area contributed by atoms with Gasteiger partial charge in [0.05, 0.1) is 16.6 Å². The van der Waals surface area contributed by atoms with Gasteiger partial charge in [0, 0.05) is 5.02 Å². The Morgan fingerprint density at radius 2 is 1.74 bits per heavy atom. The molecule has 0 bridgehead atoms. The predicted octanol–water partition coefficient (Wildman–Crippen LogP) is 2.33. The number of halogens is 1. The van der Waals surface area contributed by atoms with E-state index in [1.54, 1.807) is 42.5 Å². The van der Waals surface area contributed by atoms with Crippen LogP contribution in [0.4, 0.5) is 0 Å². The summed E-state index contributed by atoms with van der Waals surface area (Å²) in [6.07, 6.45) is 0. The van der Waals surface area contributed by atoms with E-state index in [9.17, 15) is 9.59 Å². The highest BCUT2D eigenvalue weighted by Gasteiger charge is 2.09. The van der Waals surface area contributed by atoms with Crippen LogP contribution < -0.4 is 11.2 Å². The molecule has 0 saturated carbocycles. The van der Waals surface area contributed by atoms with E-state index in [1.807, 2.05) is 6.07 Å². The summed E-state index contributed by atoms with van der Waals surface area (Å²) in [6.45, 7) is 0. The molecule has 3 rings (SSSR count). The monoisotopic (exact) mass is 272 g/mol. The molecule has 0 aliphatic carbocycles. The first-order chi connectivity index (χ1) is 9.16. The number of para-hydroxylation sites is 1. The molecule has 0 aliphatic rings. The van der Waals surface area contributed by atoms with E-state index < -0.39 is 5.69 Å². The van der Waals surface area contributed by atoms with E-state index in [-0.39, 0.29) is 5.56 Å². The molecule has 2 aromatic carbocycles. The number of hydrogen-bond donors (Lipinski definition) is 1. The highest BCUT2D eigenvalue weighted by Crippen LogP contribution is 2.14. The lowest BCUT2D eigenvalue weighted by Crippen LogP contribution is -2.33. The molecule has 0 aliphatic heterocycles. The molecule has 0 spiro atoms. The van der Waals surface area contributed by atoms with Crippen LogP contribution in [0.5, 0.6) is 0 Å². The molecule has 94 valence electrons. The summed E-state index contributed by atoms with van der Waals surface area (Å²) >= 11 is 5.85. The Kier molecular flexibility index (Phi) is 2.72. The lowest BCUT2D eigenvalue weighted by Gasteiger charge is -2.06. The summed E-state index contributed by atoms with van der Waals surface area (Å²) in [4.78, 5) is 27.1. The minimum Gasteiger partial charge on any atom is -0.306 e. The first kappa shape index (κ1) is 11.7. The molecular weight excluding hydrogens is 264 g/mol. The van der Waals surface area contributed by atoms with Gasteiger partial charge >= 0.3 is 5.69 Å². The van der Waals surface area contributed by atoms with Crippen LogP contribution in [0.25, 0.3) is 16.6 Å². The molecule has 0 radical (unpaired) electrons. The molecular formula is C14H9ClN2O2. The zero-order valence-electron chi connectivity index (χ0n) is 9.76. The maximum atomic E-state index is 12.4. The molecule has 1 aromatic heterocycles. The second kappa shape index (κ2) is 4.40. The van der Waals surface area contributed by atoms with Gasteiger partial charge in [-0.3, -0.25) is 4.79 Å². The van der Waals surface area contributed by atoms with Crippen LogP contribution in [0.2, 0.25) is 5.02 Å². The quantitative estimate of drug-likeness (QED) is 0.739. The maximum Gasteiger partial charge on any atom is 0.333 e. The first-order valence-corrected chi connectivity index (χ1v) is 6.04. The number of aromatic nitrogens is 2. The number of nitrogens with zero attached hydrogens (tertiary/aromatic N) is 1. The number of aromatic amines is 1. The summed E-state index contributed by atoms with van der Waals surface area (Å²) in [7, 11) is 0. The molecule has 0 amide bonds. The second-order valence-electron chi connectivity index (χ2n) is 4.10. The summed E-state index contributed by atoms with van der Waals surface area (Å²) in [5, 5.41) is 0.896. The molecule has 0 atom stereocenters. The van der Waals surface area contributed by atoms with Gasteiger partial charge in [-0.05, 0) is 30.3 Å². The fraction of sp³-hybridized carbons (Fsp3) is 0. The summed E-state index contributed by atoms with van der Waals surface area (Å²) < 4.78 is 1.11. The molecule has 0 saturated heterocycles. The van der Waals surface area contributed by atoms with Gasteiger partial charge in [-0.1, -0.05) is 29.8 Å². The van der Waals surface area contributed by atoms with Crippen LogP contribution in [0.3, 0.4) is 0 Å². The van der Waals surface area contributed by atoms with Crippen molar-refractivity contribution < 1.29 is 0 Å². The van der Waals surface area contributed by atoms with Crippen LogP contribution in [-0.2, 0) is 0 Å². The van der Waals surface area contributed by atoms with Crippen LogP contribution >= 0.6 is 11.6 Å². The SMILES string of the molecule is O=c1[nH]c2cc(Cl)ccc2c(=O)n1-c1ccccc1. The molecule has 0 fully saturated rings. The molecule has 3 aromatic rings. The van der Waals surface area contributed by atoms with Crippen molar-refractivity contribution in [3.05, 3.63) is 74.4 Å². The fourth-order valence-electron chi connectivity index (χ4n) is 2.00. The van der Waals surface area contributed by atoms with Gasteiger partial charge in [0.2, 0.25) is 0 Å². The van der Waals surface area contributed by atoms with Crippen molar-refractivity contribution in [2.75, 3.05) is 0 Å². The molecule has 0 unspecified atom stereocenters. The van der Waals surface area contributed by atoms with Crippen molar-refractivity contribution >= 4 is 22.5 Å². The number of nitrogens with one attached hydrogen (secondary N) is 1. The van der Waals surface area contributed by atoms with Gasteiger partial charge in [-0.15, -0.1) is 0 Å². The molecule has 4 nitrogen and oxygen atoms in total. The summed E-state index contributed by atoms with van der Waals surface area (Å²) in [5.41, 5.74) is 0.132. The standard InChI is InChI=1S/C14H9ClN2O2/c15-9-6-7-11-12(8-9)16-14(19)17(13(11)18)10-4-2-1-3-5-10/h1-8H,(H,16,19). The van der Waals surface area contributed by atoms with Crippen LogP contribution in [-0.4, -0.2) is 9.55 Å². The molecule has 1 heterocycles. The Labute approximate surface area is 112 Å². The van der Waals surface area contributed by atoms with Gasteiger partial charge in [0.1, 0.15) is 0 Å². The van der Waals surface area contributed by atoms with E-state index in [4.69, 9.17) is 11.6 Å². The molecule has 19 heavy (non-hydrogen) atoms. The van der Waals surface area contributed by atoms with Gasteiger partial charge in [-0.25, -0.2) is 9.36 Å². The Hall–Kier alpha value is -2.33. The Balaban J connectivity index is 2.43. The zero-order valence-corrected chi connectivity index (χ0v) is 10.5.